The molecular formula is C19H24Cl2N4O. The molecule has 1 heterocycles. The fourth-order valence-corrected chi connectivity index (χ4v) is 2.73. The van der Waals surface area contributed by atoms with Crippen molar-refractivity contribution < 1.29 is 4.79 Å². The molecule has 2 unspecified atom stereocenters. The van der Waals surface area contributed by atoms with Crippen LogP contribution in [0, 0.1) is 0 Å². The van der Waals surface area contributed by atoms with Crippen molar-refractivity contribution in [1.82, 2.24) is 15.3 Å². The minimum Gasteiger partial charge on any atom is -0.345 e. The maximum absolute atomic E-state index is 12.3. The van der Waals surface area contributed by atoms with E-state index in [2.05, 4.69) is 15.3 Å². The van der Waals surface area contributed by atoms with E-state index in [9.17, 15) is 4.79 Å². The van der Waals surface area contributed by atoms with Gasteiger partial charge in [-0.1, -0.05) is 36.4 Å². The number of aromatic amines is 1. The highest BCUT2D eigenvalue weighted by Crippen LogP contribution is 2.24. The van der Waals surface area contributed by atoms with Crippen LogP contribution in [0.2, 0.25) is 0 Å². The third-order valence-electron chi connectivity index (χ3n) is 4.04. The number of hydrogen-bond donors (Lipinski definition) is 3. The Bertz CT molecular complexity index is 821. The average Bonchev–Trinajstić information content (AvgIpc) is 3.06. The summed E-state index contributed by atoms with van der Waals surface area (Å²) in [6.45, 7) is 1.91. The number of carbonyl (C=O) groups excluding carboxylic acids is 1. The number of nitrogens with two attached hydrogens (primary N) is 1. The third kappa shape index (κ3) is 5.46. The Morgan fingerprint density at radius 2 is 1.88 bits per heavy atom. The molecule has 2 atom stereocenters. The van der Waals surface area contributed by atoms with Gasteiger partial charge in [0.25, 0.3) is 0 Å². The van der Waals surface area contributed by atoms with E-state index in [1.807, 2.05) is 55.5 Å². The molecule has 140 valence electrons. The van der Waals surface area contributed by atoms with Gasteiger partial charge in [-0.05, 0) is 36.6 Å². The van der Waals surface area contributed by atoms with Gasteiger partial charge in [0.2, 0.25) is 5.91 Å². The van der Waals surface area contributed by atoms with Crippen LogP contribution in [0.4, 0.5) is 0 Å². The van der Waals surface area contributed by atoms with Crippen LogP contribution in [0.15, 0.2) is 54.9 Å². The van der Waals surface area contributed by atoms with Crippen molar-refractivity contribution in [1.29, 1.82) is 0 Å². The lowest BCUT2D eigenvalue weighted by atomic mass is 9.98. The highest BCUT2D eigenvalue weighted by Gasteiger charge is 2.17. The molecule has 0 bridgehead atoms. The average molecular weight is 395 g/mol. The van der Waals surface area contributed by atoms with Gasteiger partial charge >= 0.3 is 0 Å². The zero-order chi connectivity index (χ0) is 16.9. The summed E-state index contributed by atoms with van der Waals surface area (Å²) < 4.78 is 0. The number of fused-ring (bicyclic) bond motifs is 1. The SMILES string of the molecule is CC(N)CCC(=O)NC(c1ccccc1)c1ccc2nc[nH]c2c1.Cl.Cl. The number of carbonyl (C=O) groups is 1. The lowest BCUT2D eigenvalue weighted by Gasteiger charge is -2.20. The van der Waals surface area contributed by atoms with Gasteiger partial charge in [-0.25, -0.2) is 4.98 Å². The molecule has 1 amide bonds. The zero-order valence-corrected chi connectivity index (χ0v) is 16.1. The maximum atomic E-state index is 12.3. The van der Waals surface area contributed by atoms with E-state index in [0.29, 0.717) is 12.8 Å². The Kier molecular flexibility index (Phi) is 8.58. The molecule has 0 fully saturated rings. The molecular weight excluding hydrogens is 371 g/mol. The molecule has 0 aliphatic rings. The first kappa shape index (κ1) is 22.0. The standard InChI is InChI=1S/C19H22N4O.2ClH/c1-13(20)7-10-18(24)23-19(14-5-3-2-4-6-14)15-8-9-16-17(11-15)22-12-21-16;;/h2-6,8-9,11-13,19H,7,10,20H2,1H3,(H,21,22)(H,23,24);2*1H. The Labute approximate surface area is 165 Å². The molecule has 2 aromatic carbocycles. The van der Waals surface area contributed by atoms with Crippen molar-refractivity contribution in [2.45, 2.75) is 31.8 Å². The van der Waals surface area contributed by atoms with Crippen molar-refractivity contribution in [2.24, 2.45) is 5.73 Å². The van der Waals surface area contributed by atoms with Crippen LogP contribution in [0.25, 0.3) is 11.0 Å². The monoisotopic (exact) mass is 394 g/mol. The molecule has 3 rings (SSSR count). The van der Waals surface area contributed by atoms with Crippen molar-refractivity contribution in [2.75, 3.05) is 0 Å². The van der Waals surface area contributed by atoms with Gasteiger partial charge in [0.15, 0.2) is 0 Å². The van der Waals surface area contributed by atoms with Crippen molar-refractivity contribution >= 4 is 41.8 Å². The fourth-order valence-electron chi connectivity index (χ4n) is 2.73. The minimum absolute atomic E-state index is 0. The molecule has 0 spiro atoms. The summed E-state index contributed by atoms with van der Waals surface area (Å²) in [6.07, 6.45) is 2.77. The van der Waals surface area contributed by atoms with Gasteiger partial charge in [0, 0.05) is 12.5 Å². The van der Waals surface area contributed by atoms with E-state index < -0.39 is 0 Å². The van der Waals surface area contributed by atoms with Crippen LogP contribution < -0.4 is 11.1 Å². The fraction of sp³-hybridized carbons (Fsp3) is 0.263. The van der Waals surface area contributed by atoms with Crippen LogP contribution in [0.1, 0.15) is 36.9 Å². The Morgan fingerprint density at radius 1 is 1.15 bits per heavy atom. The summed E-state index contributed by atoms with van der Waals surface area (Å²) in [5, 5.41) is 3.13. The minimum atomic E-state index is -0.195. The first-order valence-corrected chi connectivity index (χ1v) is 8.16. The number of aromatic nitrogens is 2. The normalized spacial score (nSPS) is 12.5. The molecule has 0 saturated carbocycles. The van der Waals surface area contributed by atoms with E-state index in [4.69, 9.17) is 5.73 Å². The number of amides is 1. The lowest BCUT2D eigenvalue weighted by Crippen LogP contribution is -2.30. The molecule has 0 aliphatic carbocycles. The van der Waals surface area contributed by atoms with Crippen LogP contribution in [0.5, 0.6) is 0 Å². The highest BCUT2D eigenvalue weighted by atomic mass is 35.5. The summed E-state index contributed by atoms with van der Waals surface area (Å²) in [6, 6.07) is 15.8. The number of halogens is 2. The summed E-state index contributed by atoms with van der Waals surface area (Å²) in [4.78, 5) is 19.7. The summed E-state index contributed by atoms with van der Waals surface area (Å²) in [5.74, 6) is 0.00543. The highest BCUT2D eigenvalue weighted by molar-refractivity contribution is 5.85. The number of nitrogens with one attached hydrogen (secondary N) is 2. The van der Waals surface area contributed by atoms with Gasteiger partial charge in [0.1, 0.15) is 0 Å². The van der Waals surface area contributed by atoms with Gasteiger partial charge in [-0.3, -0.25) is 4.79 Å². The second-order valence-corrected chi connectivity index (χ2v) is 6.11. The van der Waals surface area contributed by atoms with E-state index in [0.717, 1.165) is 22.2 Å². The molecule has 26 heavy (non-hydrogen) atoms. The number of benzene rings is 2. The first-order valence-electron chi connectivity index (χ1n) is 8.16. The molecule has 7 heteroatoms. The lowest BCUT2D eigenvalue weighted by molar-refractivity contribution is -0.121. The second-order valence-electron chi connectivity index (χ2n) is 6.11. The molecule has 1 aromatic heterocycles. The van der Waals surface area contributed by atoms with Crippen LogP contribution in [-0.2, 0) is 4.79 Å². The number of hydrogen-bond acceptors (Lipinski definition) is 3. The predicted molar refractivity (Wildman–Crippen MR) is 110 cm³/mol. The number of nitrogens with zero attached hydrogens (tertiary/aromatic N) is 1. The van der Waals surface area contributed by atoms with Gasteiger partial charge in [-0.2, -0.15) is 0 Å². The zero-order valence-electron chi connectivity index (χ0n) is 14.5. The summed E-state index contributed by atoms with van der Waals surface area (Å²) in [7, 11) is 0. The summed E-state index contributed by atoms with van der Waals surface area (Å²) in [5.41, 5.74) is 9.69. The van der Waals surface area contributed by atoms with Crippen molar-refractivity contribution in [3.63, 3.8) is 0 Å². The quantitative estimate of drug-likeness (QED) is 0.595. The van der Waals surface area contributed by atoms with Crippen LogP contribution in [0.3, 0.4) is 0 Å². The van der Waals surface area contributed by atoms with Gasteiger partial charge in [0.05, 0.1) is 23.4 Å². The Morgan fingerprint density at radius 3 is 2.58 bits per heavy atom. The number of imidazole rings is 1. The van der Waals surface area contributed by atoms with E-state index in [1.54, 1.807) is 6.33 Å². The largest absolute Gasteiger partial charge is 0.345 e. The molecule has 4 N–H and O–H groups in total. The van der Waals surface area contributed by atoms with Crippen molar-refractivity contribution in [3.8, 4) is 0 Å². The van der Waals surface area contributed by atoms with E-state index in [-0.39, 0.29) is 42.8 Å². The molecule has 0 radical (unpaired) electrons. The summed E-state index contributed by atoms with van der Waals surface area (Å²) >= 11 is 0. The van der Waals surface area contributed by atoms with Crippen molar-refractivity contribution in [3.05, 3.63) is 66.0 Å². The topological polar surface area (TPSA) is 83.8 Å². The Balaban J connectivity index is 0.00000169. The maximum Gasteiger partial charge on any atom is 0.220 e. The second kappa shape index (κ2) is 10.2. The molecule has 5 nitrogen and oxygen atoms in total. The molecule has 0 saturated heterocycles. The predicted octanol–water partition coefficient (Wildman–Crippen LogP) is 3.74. The smallest absolute Gasteiger partial charge is 0.220 e. The van der Waals surface area contributed by atoms with Gasteiger partial charge < -0.3 is 16.0 Å². The number of H-pyrrole nitrogens is 1. The van der Waals surface area contributed by atoms with E-state index in [1.165, 1.54) is 0 Å². The number of rotatable bonds is 6. The Hall–Kier alpha value is -2.08. The third-order valence-corrected chi connectivity index (χ3v) is 4.04. The van der Waals surface area contributed by atoms with Crippen LogP contribution in [-0.4, -0.2) is 21.9 Å². The molecule has 0 aliphatic heterocycles. The van der Waals surface area contributed by atoms with E-state index >= 15 is 0 Å². The van der Waals surface area contributed by atoms with Gasteiger partial charge in [-0.15, -0.1) is 24.8 Å². The van der Waals surface area contributed by atoms with Crippen LogP contribution >= 0.6 is 24.8 Å². The molecule has 3 aromatic rings. The first-order chi connectivity index (χ1) is 11.6.